The van der Waals surface area contributed by atoms with Gasteiger partial charge in [-0.15, -0.1) is 0 Å². The van der Waals surface area contributed by atoms with Gasteiger partial charge in [0.15, 0.2) is 0 Å². The summed E-state index contributed by atoms with van der Waals surface area (Å²) in [5.74, 6) is 0. The Morgan fingerprint density at radius 2 is 1.65 bits per heavy atom. The Bertz CT molecular complexity index is 290. The molecular formula is C12H20N2O3. The monoisotopic (exact) mass is 240 g/mol. The van der Waals surface area contributed by atoms with Gasteiger partial charge >= 0.3 is 0 Å². The Kier molecular flexibility index (Phi) is 7.13. The lowest BCUT2D eigenvalue weighted by molar-refractivity contribution is 0.0361. The Labute approximate surface area is 102 Å². The molecule has 96 valence electrons. The number of aliphatic hydroxyl groups excluding tert-OH is 1. The molecule has 0 aliphatic heterocycles. The molecule has 0 aromatic heterocycles. The van der Waals surface area contributed by atoms with E-state index in [9.17, 15) is 0 Å². The molecule has 5 nitrogen and oxygen atoms in total. The summed E-state index contributed by atoms with van der Waals surface area (Å²) in [5, 5.41) is 11.7. The van der Waals surface area contributed by atoms with Gasteiger partial charge in [-0.05, 0) is 24.3 Å². The molecule has 0 atom stereocenters. The number of rotatable bonds is 9. The second-order valence-corrected chi connectivity index (χ2v) is 3.50. The van der Waals surface area contributed by atoms with Crippen molar-refractivity contribution in [1.82, 2.24) is 0 Å². The minimum absolute atomic E-state index is 0.0543. The minimum Gasteiger partial charge on any atom is -0.399 e. The van der Waals surface area contributed by atoms with E-state index in [0.29, 0.717) is 26.4 Å². The SMILES string of the molecule is Nc1ccc(NCCOCCOCCO)cc1. The molecular weight excluding hydrogens is 220 g/mol. The second kappa shape index (κ2) is 8.81. The number of nitrogen functional groups attached to an aromatic ring is 1. The van der Waals surface area contributed by atoms with E-state index in [1.165, 1.54) is 0 Å². The molecule has 0 spiro atoms. The van der Waals surface area contributed by atoms with Crippen LogP contribution >= 0.6 is 0 Å². The molecule has 0 saturated carbocycles. The average Bonchev–Trinajstić information content (AvgIpc) is 2.35. The number of aliphatic hydroxyl groups is 1. The third-order valence-electron chi connectivity index (χ3n) is 2.09. The molecule has 5 heteroatoms. The van der Waals surface area contributed by atoms with Gasteiger partial charge in [-0.25, -0.2) is 0 Å². The van der Waals surface area contributed by atoms with Crippen molar-refractivity contribution in [3.05, 3.63) is 24.3 Å². The van der Waals surface area contributed by atoms with Crippen LogP contribution in [0, 0.1) is 0 Å². The summed E-state index contributed by atoms with van der Waals surface area (Å²) in [6.45, 7) is 2.84. The summed E-state index contributed by atoms with van der Waals surface area (Å²) >= 11 is 0. The first-order chi connectivity index (χ1) is 8.33. The van der Waals surface area contributed by atoms with E-state index in [1.807, 2.05) is 24.3 Å². The first-order valence-electron chi connectivity index (χ1n) is 5.68. The summed E-state index contributed by atoms with van der Waals surface area (Å²) in [6, 6.07) is 7.57. The van der Waals surface area contributed by atoms with Gasteiger partial charge in [0.05, 0.1) is 33.0 Å². The van der Waals surface area contributed by atoms with Crippen molar-refractivity contribution in [2.75, 3.05) is 50.6 Å². The Balaban J connectivity index is 1.95. The van der Waals surface area contributed by atoms with Gasteiger partial charge in [0.1, 0.15) is 0 Å². The highest BCUT2D eigenvalue weighted by Gasteiger charge is 1.92. The average molecular weight is 240 g/mol. The van der Waals surface area contributed by atoms with Crippen LogP contribution in [0.4, 0.5) is 11.4 Å². The van der Waals surface area contributed by atoms with Crippen LogP contribution < -0.4 is 11.1 Å². The molecule has 17 heavy (non-hydrogen) atoms. The lowest BCUT2D eigenvalue weighted by Gasteiger charge is -2.07. The van der Waals surface area contributed by atoms with Crippen molar-refractivity contribution < 1.29 is 14.6 Å². The van der Waals surface area contributed by atoms with E-state index >= 15 is 0 Å². The Morgan fingerprint density at radius 3 is 2.29 bits per heavy atom. The third kappa shape index (κ3) is 6.78. The Hall–Kier alpha value is -1.30. The molecule has 0 saturated heterocycles. The van der Waals surface area contributed by atoms with Crippen LogP contribution in [0.1, 0.15) is 0 Å². The molecule has 1 aromatic rings. The number of hydrogen-bond acceptors (Lipinski definition) is 5. The van der Waals surface area contributed by atoms with Gasteiger partial charge in [-0.2, -0.15) is 0 Å². The highest BCUT2D eigenvalue weighted by Crippen LogP contribution is 2.09. The minimum atomic E-state index is 0.0543. The maximum absolute atomic E-state index is 8.47. The molecule has 4 N–H and O–H groups in total. The number of ether oxygens (including phenoxy) is 2. The molecule has 0 bridgehead atoms. The molecule has 0 radical (unpaired) electrons. The van der Waals surface area contributed by atoms with Crippen LogP contribution in [-0.2, 0) is 9.47 Å². The van der Waals surface area contributed by atoms with Crippen LogP contribution in [-0.4, -0.2) is 44.7 Å². The molecule has 0 amide bonds. The van der Waals surface area contributed by atoms with Crippen LogP contribution in [0.25, 0.3) is 0 Å². The van der Waals surface area contributed by atoms with Crippen molar-refractivity contribution in [3.63, 3.8) is 0 Å². The normalized spacial score (nSPS) is 10.4. The number of anilines is 2. The molecule has 0 unspecified atom stereocenters. The van der Waals surface area contributed by atoms with E-state index in [1.54, 1.807) is 0 Å². The van der Waals surface area contributed by atoms with Crippen LogP contribution in [0.2, 0.25) is 0 Å². The van der Waals surface area contributed by atoms with Gasteiger partial charge in [0.2, 0.25) is 0 Å². The number of hydrogen-bond donors (Lipinski definition) is 3. The zero-order valence-electron chi connectivity index (χ0n) is 9.89. The molecule has 0 fully saturated rings. The fourth-order valence-corrected chi connectivity index (χ4v) is 1.26. The summed E-state index contributed by atoms with van der Waals surface area (Å²) in [5.41, 5.74) is 7.36. The zero-order valence-corrected chi connectivity index (χ0v) is 9.89. The van der Waals surface area contributed by atoms with E-state index in [2.05, 4.69) is 5.32 Å². The second-order valence-electron chi connectivity index (χ2n) is 3.50. The highest BCUT2D eigenvalue weighted by atomic mass is 16.5. The van der Waals surface area contributed by atoms with Crippen molar-refractivity contribution in [3.8, 4) is 0 Å². The van der Waals surface area contributed by atoms with Crippen LogP contribution in [0.5, 0.6) is 0 Å². The molecule has 1 aromatic carbocycles. The molecule has 1 rings (SSSR count). The number of nitrogens with two attached hydrogens (primary N) is 1. The quantitative estimate of drug-likeness (QED) is 0.437. The third-order valence-corrected chi connectivity index (χ3v) is 2.09. The first-order valence-corrected chi connectivity index (χ1v) is 5.68. The first kappa shape index (κ1) is 13.8. The maximum Gasteiger partial charge on any atom is 0.0701 e. The summed E-state index contributed by atoms with van der Waals surface area (Å²) in [7, 11) is 0. The molecule has 0 aliphatic rings. The molecule has 0 aliphatic carbocycles. The van der Waals surface area contributed by atoms with E-state index in [0.717, 1.165) is 17.9 Å². The lowest BCUT2D eigenvalue weighted by atomic mass is 10.3. The highest BCUT2D eigenvalue weighted by molar-refractivity contribution is 5.51. The van der Waals surface area contributed by atoms with Crippen LogP contribution in [0.3, 0.4) is 0 Å². The molecule has 0 heterocycles. The summed E-state index contributed by atoms with van der Waals surface area (Å²) < 4.78 is 10.4. The van der Waals surface area contributed by atoms with Crippen molar-refractivity contribution >= 4 is 11.4 Å². The predicted octanol–water partition coefficient (Wildman–Crippen LogP) is 0.706. The maximum atomic E-state index is 8.47. The van der Waals surface area contributed by atoms with Gasteiger partial charge in [-0.3, -0.25) is 0 Å². The van der Waals surface area contributed by atoms with E-state index in [4.69, 9.17) is 20.3 Å². The van der Waals surface area contributed by atoms with Gasteiger partial charge in [0, 0.05) is 17.9 Å². The van der Waals surface area contributed by atoms with Crippen molar-refractivity contribution in [1.29, 1.82) is 0 Å². The van der Waals surface area contributed by atoms with Crippen molar-refractivity contribution in [2.45, 2.75) is 0 Å². The van der Waals surface area contributed by atoms with Gasteiger partial charge < -0.3 is 25.6 Å². The zero-order chi connectivity index (χ0) is 12.3. The standard InChI is InChI=1S/C12H20N2O3/c13-11-1-3-12(4-2-11)14-5-7-16-9-10-17-8-6-15/h1-4,14-15H,5-10,13H2. The number of nitrogens with one attached hydrogen (secondary N) is 1. The summed E-state index contributed by atoms with van der Waals surface area (Å²) in [4.78, 5) is 0. The topological polar surface area (TPSA) is 76.7 Å². The largest absolute Gasteiger partial charge is 0.399 e. The fourth-order valence-electron chi connectivity index (χ4n) is 1.26. The Morgan fingerprint density at radius 1 is 1.00 bits per heavy atom. The van der Waals surface area contributed by atoms with Gasteiger partial charge in [0.25, 0.3) is 0 Å². The van der Waals surface area contributed by atoms with E-state index in [-0.39, 0.29) is 6.61 Å². The number of benzene rings is 1. The summed E-state index contributed by atoms with van der Waals surface area (Å²) in [6.07, 6.45) is 0. The lowest BCUT2D eigenvalue weighted by Crippen LogP contribution is -2.13. The van der Waals surface area contributed by atoms with E-state index < -0.39 is 0 Å². The smallest absolute Gasteiger partial charge is 0.0701 e. The fraction of sp³-hybridized carbons (Fsp3) is 0.500. The van der Waals surface area contributed by atoms with Crippen molar-refractivity contribution in [2.24, 2.45) is 0 Å². The predicted molar refractivity (Wildman–Crippen MR) is 68.1 cm³/mol. The van der Waals surface area contributed by atoms with Gasteiger partial charge in [-0.1, -0.05) is 0 Å². The van der Waals surface area contributed by atoms with Crippen LogP contribution in [0.15, 0.2) is 24.3 Å².